The molecule has 5 rings (SSSR count). The molecule has 6 nitrogen and oxygen atoms in total. The molecule has 3 atom stereocenters. The second-order valence-electron chi connectivity index (χ2n) is 9.84. The first-order valence-corrected chi connectivity index (χ1v) is 12.5. The van der Waals surface area contributed by atoms with Crippen molar-refractivity contribution in [3.63, 3.8) is 0 Å². The predicted octanol–water partition coefficient (Wildman–Crippen LogP) is 4.95. The monoisotopic (exact) mass is 500 g/mol. The zero-order valence-corrected chi connectivity index (χ0v) is 20.2. The van der Waals surface area contributed by atoms with Crippen LogP contribution in [-0.2, 0) is 9.53 Å². The fourth-order valence-electron chi connectivity index (χ4n) is 5.88. The van der Waals surface area contributed by atoms with E-state index in [1.807, 2.05) is 55.5 Å². The van der Waals surface area contributed by atoms with Crippen LogP contribution in [0, 0.1) is 6.92 Å². The number of aromatic nitrogens is 2. The number of benzene rings is 2. The van der Waals surface area contributed by atoms with E-state index in [0.29, 0.717) is 32.2 Å². The summed E-state index contributed by atoms with van der Waals surface area (Å²) in [6.07, 6.45) is -3.66. The summed E-state index contributed by atoms with van der Waals surface area (Å²) in [4.78, 5) is 19.3. The van der Waals surface area contributed by atoms with E-state index in [1.54, 1.807) is 0 Å². The molecule has 2 saturated heterocycles. The van der Waals surface area contributed by atoms with Crippen LogP contribution in [0.2, 0.25) is 0 Å². The van der Waals surface area contributed by atoms with E-state index >= 15 is 0 Å². The summed E-state index contributed by atoms with van der Waals surface area (Å²) in [5.74, 6) is 0.00575. The molecule has 2 fully saturated rings. The number of nitrogens with one attached hydrogen (secondary N) is 1. The molecule has 192 valence electrons. The van der Waals surface area contributed by atoms with Gasteiger partial charge in [0.15, 0.2) is 0 Å². The Bertz CT molecular complexity index is 1180. The lowest BCUT2D eigenvalue weighted by molar-refractivity contribution is -0.154. The third-order valence-electron chi connectivity index (χ3n) is 7.36. The average molecular weight is 501 g/mol. The van der Waals surface area contributed by atoms with Gasteiger partial charge < -0.3 is 14.6 Å². The minimum atomic E-state index is -4.53. The van der Waals surface area contributed by atoms with E-state index < -0.39 is 24.5 Å². The minimum Gasteiger partial charge on any atom is -0.378 e. The van der Waals surface area contributed by atoms with E-state index in [0.717, 1.165) is 35.3 Å². The van der Waals surface area contributed by atoms with Crippen molar-refractivity contribution in [1.82, 2.24) is 19.8 Å². The Morgan fingerprint density at radius 3 is 2.42 bits per heavy atom. The molecule has 0 aliphatic carbocycles. The Morgan fingerprint density at radius 1 is 1.06 bits per heavy atom. The van der Waals surface area contributed by atoms with Crippen molar-refractivity contribution in [1.29, 1.82) is 0 Å². The van der Waals surface area contributed by atoms with Crippen LogP contribution < -0.4 is 5.32 Å². The third kappa shape index (κ3) is 5.42. The molecule has 2 aromatic carbocycles. The summed E-state index contributed by atoms with van der Waals surface area (Å²) >= 11 is 0. The van der Waals surface area contributed by atoms with Gasteiger partial charge in [-0.25, -0.2) is 4.98 Å². The third-order valence-corrected chi connectivity index (χ3v) is 7.36. The number of morpholine rings is 1. The summed E-state index contributed by atoms with van der Waals surface area (Å²) in [6.45, 7) is 3.96. The number of amides is 1. The van der Waals surface area contributed by atoms with Crippen LogP contribution in [0.15, 0.2) is 54.6 Å². The summed E-state index contributed by atoms with van der Waals surface area (Å²) < 4.78 is 46.6. The van der Waals surface area contributed by atoms with Gasteiger partial charge in [-0.15, -0.1) is 0 Å². The Kier molecular flexibility index (Phi) is 7.03. The van der Waals surface area contributed by atoms with Crippen LogP contribution in [0.1, 0.15) is 49.2 Å². The maximum atomic E-state index is 12.8. The normalized spacial score (nSPS) is 23.5. The quantitative estimate of drug-likeness (QED) is 0.499. The highest BCUT2D eigenvalue weighted by Gasteiger charge is 2.40. The standard InChI is InChI=1S/C27H31F3N4O2/c1-18-31-24-9-5-6-10-25(24)34(18)20-13-21-16-36-17-22(14-20)33(21)12-11-23(19-7-3-2-4-8-19)32-26(35)15-27(28,29)30/h2-10,20-23H,11-17H2,1H3,(H,32,35)/t20?,21?,22?,23-/m1/s1. The van der Waals surface area contributed by atoms with Crippen LogP contribution in [0.25, 0.3) is 11.0 Å². The SMILES string of the molecule is Cc1nc2ccccc2n1C1CC2COCC(C1)N2CC[C@@H](NC(=O)CC(F)(F)F)c1ccccc1. The highest BCUT2D eigenvalue weighted by Crippen LogP contribution is 2.37. The van der Waals surface area contributed by atoms with Gasteiger partial charge in [0.05, 0.1) is 30.3 Å². The molecule has 0 radical (unpaired) electrons. The molecule has 3 aromatic rings. The number of imidazole rings is 1. The fourth-order valence-corrected chi connectivity index (χ4v) is 5.88. The number of rotatable bonds is 7. The molecule has 0 saturated carbocycles. The Labute approximate surface area is 208 Å². The summed E-state index contributed by atoms with van der Waals surface area (Å²) in [5.41, 5.74) is 2.95. The lowest BCUT2D eigenvalue weighted by Crippen LogP contribution is -2.57. The largest absolute Gasteiger partial charge is 0.397 e. The number of halogens is 3. The molecule has 3 heterocycles. The number of carbonyl (C=O) groups is 1. The second-order valence-corrected chi connectivity index (χ2v) is 9.84. The zero-order valence-electron chi connectivity index (χ0n) is 20.2. The summed E-state index contributed by atoms with van der Waals surface area (Å²) in [6, 6.07) is 17.6. The molecule has 36 heavy (non-hydrogen) atoms. The van der Waals surface area contributed by atoms with Gasteiger partial charge in [-0.3, -0.25) is 9.69 Å². The number of para-hydroxylation sites is 2. The number of hydrogen-bond acceptors (Lipinski definition) is 4. The van der Waals surface area contributed by atoms with Gasteiger partial charge in [-0.05, 0) is 43.9 Å². The Hall–Kier alpha value is -2.91. The molecule has 2 bridgehead atoms. The highest BCUT2D eigenvalue weighted by atomic mass is 19.4. The number of aryl methyl sites for hydroxylation is 1. The molecule has 2 aliphatic rings. The van der Waals surface area contributed by atoms with Gasteiger partial charge >= 0.3 is 6.18 Å². The van der Waals surface area contributed by atoms with Crippen molar-refractivity contribution < 1.29 is 22.7 Å². The number of fused-ring (bicyclic) bond motifs is 3. The van der Waals surface area contributed by atoms with Gasteiger partial charge in [0.2, 0.25) is 5.91 Å². The molecule has 0 spiro atoms. The number of carbonyl (C=O) groups excluding carboxylic acids is 1. The molecular formula is C27H31F3N4O2. The van der Waals surface area contributed by atoms with Crippen LogP contribution >= 0.6 is 0 Å². The summed E-state index contributed by atoms with van der Waals surface area (Å²) in [5, 5.41) is 2.62. The number of hydrogen-bond donors (Lipinski definition) is 1. The molecule has 1 N–H and O–H groups in total. The van der Waals surface area contributed by atoms with Gasteiger partial charge in [0.1, 0.15) is 12.2 Å². The topological polar surface area (TPSA) is 59.4 Å². The first-order chi connectivity index (χ1) is 17.3. The first-order valence-electron chi connectivity index (χ1n) is 12.5. The molecule has 2 unspecified atom stereocenters. The van der Waals surface area contributed by atoms with E-state index in [2.05, 4.69) is 20.9 Å². The van der Waals surface area contributed by atoms with Gasteiger partial charge in [-0.1, -0.05) is 42.5 Å². The average Bonchev–Trinajstić information content (AvgIpc) is 3.16. The lowest BCUT2D eigenvalue weighted by Gasteiger charge is -2.49. The van der Waals surface area contributed by atoms with Crippen molar-refractivity contribution in [3.05, 3.63) is 66.0 Å². The van der Waals surface area contributed by atoms with Gasteiger partial charge in [0, 0.05) is 24.7 Å². The van der Waals surface area contributed by atoms with Crippen molar-refractivity contribution in [2.24, 2.45) is 0 Å². The number of alkyl halides is 3. The lowest BCUT2D eigenvalue weighted by atomic mass is 9.89. The molecule has 2 aliphatic heterocycles. The number of piperidine rings is 1. The van der Waals surface area contributed by atoms with Gasteiger partial charge in [0.25, 0.3) is 0 Å². The maximum absolute atomic E-state index is 12.8. The van der Waals surface area contributed by atoms with Crippen LogP contribution in [0.5, 0.6) is 0 Å². The smallest absolute Gasteiger partial charge is 0.378 e. The van der Waals surface area contributed by atoms with E-state index in [1.165, 1.54) is 0 Å². The van der Waals surface area contributed by atoms with Crippen molar-refractivity contribution in [2.75, 3.05) is 19.8 Å². The number of nitrogens with zero attached hydrogens (tertiary/aromatic N) is 3. The van der Waals surface area contributed by atoms with Crippen LogP contribution in [0.4, 0.5) is 13.2 Å². The van der Waals surface area contributed by atoms with Crippen molar-refractivity contribution >= 4 is 16.9 Å². The minimum absolute atomic E-state index is 0.199. The van der Waals surface area contributed by atoms with Crippen LogP contribution in [0.3, 0.4) is 0 Å². The highest BCUT2D eigenvalue weighted by molar-refractivity contribution is 5.77. The Balaban J connectivity index is 1.30. The Morgan fingerprint density at radius 2 is 1.72 bits per heavy atom. The second kappa shape index (κ2) is 10.2. The fraction of sp³-hybridized carbons (Fsp3) is 0.481. The maximum Gasteiger partial charge on any atom is 0.397 e. The first kappa shape index (κ1) is 24.8. The summed E-state index contributed by atoms with van der Waals surface area (Å²) in [7, 11) is 0. The number of ether oxygens (including phenoxy) is 1. The zero-order chi connectivity index (χ0) is 25.3. The predicted molar refractivity (Wildman–Crippen MR) is 130 cm³/mol. The van der Waals surface area contributed by atoms with Crippen molar-refractivity contribution in [3.8, 4) is 0 Å². The molecule has 1 amide bonds. The van der Waals surface area contributed by atoms with E-state index in [-0.39, 0.29) is 12.1 Å². The van der Waals surface area contributed by atoms with E-state index in [4.69, 9.17) is 9.72 Å². The molecular weight excluding hydrogens is 469 g/mol. The van der Waals surface area contributed by atoms with Crippen LogP contribution in [-0.4, -0.2) is 58.4 Å². The van der Waals surface area contributed by atoms with Gasteiger partial charge in [-0.2, -0.15) is 13.2 Å². The van der Waals surface area contributed by atoms with E-state index in [9.17, 15) is 18.0 Å². The molecule has 9 heteroatoms. The van der Waals surface area contributed by atoms with Crippen molar-refractivity contribution in [2.45, 2.75) is 63.0 Å². The molecule has 1 aromatic heterocycles.